The Morgan fingerprint density at radius 1 is 1.19 bits per heavy atom. The Kier molecular flexibility index (Phi) is 3.53. The van der Waals surface area contributed by atoms with Crippen LogP contribution in [0, 0.1) is 5.92 Å². The summed E-state index contributed by atoms with van der Waals surface area (Å²) in [7, 11) is 0. The van der Waals surface area contributed by atoms with E-state index in [-0.39, 0.29) is 11.4 Å². The van der Waals surface area contributed by atoms with Gasteiger partial charge in [0.2, 0.25) is 5.91 Å². The van der Waals surface area contributed by atoms with Gasteiger partial charge in [0.05, 0.1) is 5.54 Å². The molecule has 0 atom stereocenters. The Bertz CT molecular complexity index is 251. The normalized spacial score (nSPS) is 36.4. The molecule has 3 nitrogen and oxygen atoms in total. The average molecular weight is 224 g/mol. The first-order chi connectivity index (χ1) is 7.62. The van der Waals surface area contributed by atoms with Gasteiger partial charge in [-0.15, -0.1) is 0 Å². The third-order valence-electron chi connectivity index (χ3n) is 4.20. The first kappa shape index (κ1) is 11.9. The van der Waals surface area contributed by atoms with Gasteiger partial charge in [-0.2, -0.15) is 0 Å². The first-order valence-electron chi connectivity index (χ1n) is 6.70. The van der Waals surface area contributed by atoms with Crippen molar-refractivity contribution in [1.29, 1.82) is 0 Å². The molecule has 2 aliphatic carbocycles. The van der Waals surface area contributed by atoms with E-state index in [0.29, 0.717) is 12.0 Å². The lowest BCUT2D eigenvalue weighted by Gasteiger charge is -2.46. The Labute approximate surface area is 98.2 Å². The van der Waals surface area contributed by atoms with Crippen molar-refractivity contribution in [3.8, 4) is 0 Å². The molecule has 0 spiro atoms. The fraction of sp³-hybridized carbons (Fsp3) is 0.923. The summed E-state index contributed by atoms with van der Waals surface area (Å²) in [5.41, 5.74) is 5.18. The van der Waals surface area contributed by atoms with Crippen molar-refractivity contribution < 1.29 is 4.79 Å². The molecule has 1 amide bonds. The molecular weight excluding hydrogens is 200 g/mol. The highest BCUT2D eigenvalue weighted by Crippen LogP contribution is 2.38. The third-order valence-corrected chi connectivity index (χ3v) is 4.20. The minimum absolute atomic E-state index is 0.144. The number of carbonyl (C=O) groups is 1. The van der Waals surface area contributed by atoms with Crippen molar-refractivity contribution in [2.24, 2.45) is 11.7 Å². The summed E-state index contributed by atoms with van der Waals surface area (Å²) in [5.74, 6) is 0.501. The first-order valence-corrected chi connectivity index (χ1v) is 6.70. The number of hydrogen-bond donors (Lipinski definition) is 2. The summed E-state index contributed by atoms with van der Waals surface area (Å²) in [6.07, 6.45) is 9.56. The highest BCUT2D eigenvalue weighted by atomic mass is 16.1. The van der Waals surface area contributed by atoms with Crippen LogP contribution in [0.1, 0.15) is 58.3 Å². The second-order valence-corrected chi connectivity index (χ2v) is 5.79. The van der Waals surface area contributed by atoms with Gasteiger partial charge in [0.25, 0.3) is 0 Å². The van der Waals surface area contributed by atoms with Crippen LogP contribution in [0.15, 0.2) is 0 Å². The summed E-state index contributed by atoms with van der Waals surface area (Å²) < 4.78 is 0. The fourth-order valence-electron chi connectivity index (χ4n) is 3.33. The van der Waals surface area contributed by atoms with E-state index >= 15 is 0 Å². The fourth-order valence-corrected chi connectivity index (χ4v) is 3.33. The van der Waals surface area contributed by atoms with Gasteiger partial charge in [-0.05, 0) is 31.6 Å². The van der Waals surface area contributed by atoms with Crippen LogP contribution in [-0.4, -0.2) is 17.5 Å². The molecule has 0 saturated heterocycles. The molecule has 0 aromatic rings. The van der Waals surface area contributed by atoms with Crippen LogP contribution in [0.3, 0.4) is 0 Å². The maximum atomic E-state index is 11.6. The standard InChI is InChI=1S/C13H24N2O/c1-10-8-13(9-10,12(14)16)15-11-6-4-2-3-5-7-11/h10-11,15H,2-9H2,1H3,(H2,14,16). The molecule has 16 heavy (non-hydrogen) atoms. The highest BCUT2D eigenvalue weighted by Gasteiger charge is 2.47. The zero-order valence-corrected chi connectivity index (χ0v) is 10.3. The van der Waals surface area contributed by atoms with Gasteiger partial charge in [-0.25, -0.2) is 0 Å². The van der Waals surface area contributed by atoms with E-state index in [0.717, 1.165) is 12.8 Å². The molecule has 2 saturated carbocycles. The molecule has 2 fully saturated rings. The van der Waals surface area contributed by atoms with Crippen LogP contribution < -0.4 is 11.1 Å². The number of rotatable bonds is 3. The highest BCUT2D eigenvalue weighted by molar-refractivity contribution is 5.85. The maximum Gasteiger partial charge on any atom is 0.237 e. The number of carbonyl (C=O) groups excluding carboxylic acids is 1. The van der Waals surface area contributed by atoms with Crippen molar-refractivity contribution in [1.82, 2.24) is 5.32 Å². The van der Waals surface area contributed by atoms with Crippen molar-refractivity contribution >= 4 is 5.91 Å². The summed E-state index contributed by atoms with van der Waals surface area (Å²) in [4.78, 5) is 11.6. The SMILES string of the molecule is CC1CC(NC2CCCCCC2)(C(N)=O)C1. The molecule has 2 aliphatic rings. The molecule has 92 valence electrons. The number of nitrogens with two attached hydrogens (primary N) is 1. The van der Waals surface area contributed by atoms with E-state index in [9.17, 15) is 4.79 Å². The van der Waals surface area contributed by atoms with Gasteiger partial charge in [0.1, 0.15) is 0 Å². The van der Waals surface area contributed by atoms with Gasteiger partial charge in [-0.3, -0.25) is 4.79 Å². The number of hydrogen-bond acceptors (Lipinski definition) is 2. The molecule has 0 aliphatic heterocycles. The van der Waals surface area contributed by atoms with E-state index in [1.54, 1.807) is 0 Å². The van der Waals surface area contributed by atoms with Crippen LogP contribution >= 0.6 is 0 Å². The van der Waals surface area contributed by atoms with Gasteiger partial charge in [0.15, 0.2) is 0 Å². The summed E-state index contributed by atoms with van der Waals surface area (Å²) in [6.45, 7) is 2.19. The topological polar surface area (TPSA) is 55.1 Å². The molecule has 3 heteroatoms. The predicted molar refractivity (Wildman–Crippen MR) is 64.9 cm³/mol. The van der Waals surface area contributed by atoms with E-state index < -0.39 is 0 Å². The van der Waals surface area contributed by atoms with Gasteiger partial charge < -0.3 is 11.1 Å². The molecule has 2 rings (SSSR count). The lowest BCUT2D eigenvalue weighted by molar-refractivity contribution is -0.130. The number of nitrogens with one attached hydrogen (secondary N) is 1. The lowest BCUT2D eigenvalue weighted by Crippen LogP contribution is -2.65. The monoisotopic (exact) mass is 224 g/mol. The zero-order chi connectivity index (χ0) is 11.6. The molecule has 0 unspecified atom stereocenters. The van der Waals surface area contributed by atoms with E-state index in [1.165, 1.54) is 38.5 Å². The molecule has 0 aromatic heterocycles. The predicted octanol–water partition coefficient (Wildman–Crippen LogP) is 1.95. The third kappa shape index (κ3) is 2.40. The Morgan fingerprint density at radius 3 is 2.19 bits per heavy atom. The second-order valence-electron chi connectivity index (χ2n) is 5.79. The Balaban J connectivity index is 1.92. The molecule has 0 bridgehead atoms. The van der Waals surface area contributed by atoms with Gasteiger partial charge in [-0.1, -0.05) is 32.6 Å². The van der Waals surface area contributed by atoms with Crippen LogP contribution in [0.25, 0.3) is 0 Å². The van der Waals surface area contributed by atoms with Gasteiger partial charge in [0, 0.05) is 6.04 Å². The number of primary amides is 1. The van der Waals surface area contributed by atoms with Crippen LogP contribution in [0.5, 0.6) is 0 Å². The summed E-state index contributed by atoms with van der Waals surface area (Å²) in [6, 6.07) is 0.516. The molecule has 0 radical (unpaired) electrons. The quantitative estimate of drug-likeness (QED) is 0.720. The molecule has 0 aromatic carbocycles. The summed E-state index contributed by atoms with van der Waals surface area (Å²) in [5, 5.41) is 3.56. The van der Waals surface area contributed by atoms with Crippen LogP contribution in [-0.2, 0) is 4.79 Å². The lowest BCUT2D eigenvalue weighted by atomic mass is 9.68. The Morgan fingerprint density at radius 2 is 1.75 bits per heavy atom. The molecule has 3 N–H and O–H groups in total. The smallest absolute Gasteiger partial charge is 0.237 e. The zero-order valence-electron chi connectivity index (χ0n) is 10.3. The largest absolute Gasteiger partial charge is 0.368 e. The van der Waals surface area contributed by atoms with E-state index in [1.807, 2.05) is 0 Å². The summed E-state index contributed by atoms with van der Waals surface area (Å²) >= 11 is 0. The van der Waals surface area contributed by atoms with Crippen LogP contribution in [0.4, 0.5) is 0 Å². The van der Waals surface area contributed by atoms with Crippen molar-refractivity contribution in [2.45, 2.75) is 69.9 Å². The van der Waals surface area contributed by atoms with Crippen molar-refractivity contribution in [2.75, 3.05) is 0 Å². The minimum Gasteiger partial charge on any atom is -0.368 e. The van der Waals surface area contributed by atoms with Crippen molar-refractivity contribution in [3.05, 3.63) is 0 Å². The van der Waals surface area contributed by atoms with Crippen molar-refractivity contribution in [3.63, 3.8) is 0 Å². The van der Waals surface area contributed by atoms with E-state index in [4.69, 9.17) is 5.73 Å². The maximum absolute atomic E-state index is 11.6. The second kappa shape index (κ2) is 4.74. The molecular formula is C13H24N2O. The van der Waals surface area contributed by atoms with Gasteiger partial charge >= 0.3 is 0 Å². The molecule has 0 heterocycles. The Hall–Kier alpha value is -0.570. The van der Waals surface area contributed by atoms with Crippen LogP contribution in [0.2, 0.25) is 0 Å². The average Bonchev–Trinajstić information content (AvgIpc) is 2.43. The van der Waals surface area contributed by atoms with E-state index in [2.05, 4.69) is 12.2 Å². The minimum atomic E-state index is -0.367. The number of amides is 1.